The molecule has 98 valence electrons. The number of rotatable bonds is 6. The second kappa shape index (κ2) is 5.92. The van der Waals surface area contributed by atoms with E-state index in [0.29, 0.717) is 6.54 Å². The molecule has 1 aromatic rings. The number of quaternary nitrogens is 1. The van der Waals surface area contributed by atoms with Crippen LogP contribution < -0.4 is 11.1 Å². The van der Waals surface area contributed by atoms with Crippen molar-refractivity contribution in [2.75, 3.05) is 11.9 Å². The normalized spacial score (nSPS) is 11.9. The van der Waals surface area contributed by atoms with Gasteiger partial charge in [-0.15, -0.1) is 0 Å². The Balaban J connectivity index is 2.90. The zero-order chi connectivity index (χ0) is 13.7. The number of hydrogen-bond donors (Lipinski definition) is 2. The van der Waals surface area contributed by atoms with Crippen LogP contribution in [0.4, 0.5) is 17.1 Å². The maximum atomic E-state index is 10.8. The number of hydrogen-bond acceptors (Lipinski definition) is 5. The first-order chi connectivity index (χ1) is 8.41. The molecule has 0 saturated heterocycles. The summed E-state index contributed by atoms with van der Waals surface area (Å²) in [6, 6.07) is 3.78. The van der Waals surface area contributed by atoms with Crippen LogP contribution in [0.25, 0.3) is 0 Å². The Hall–Kier alpha value is -2.22. The van der Waals surface area contributed by atoms with Gasteiger partial charge in [-0.3, -0.25) is 20.2 Å². The largest absolute Gasteiger partial charge is 0.379 e. The molecule has 0 aromatic heterocycles. The van der Waals surface area contributed by atoms with Crippen molar-refractivity contribution < 1.29 is 15.6 Å². The lowest BCUT2D eigenvalue weighted by atomic mass is 10.2. The van der Waals surface area contributed by atoms with Gasteiger partial charge in [-0.25, -0.2) is 0 Å². The highest BCUT2D eigenvalue weighted by molar-refractivity contribution is 5.65. The molecule has 4 N–H and O–H groups in total. The Labute approximate surface area is 103 Å². The zero-order valence-electron chi connectivity index (χ0n) is 9.96. The van der Waals surface area contributed by atoms with Gasteiger partial charge in [0.1, 0.15) is 5.69 Å². The molecule has 1 atom stereocenters. The van der Waals surface area contributed by atoms with Crippen LogP contribution in [-0.2, 0) is 0 Å². The van der Waals surface area contributed by atoms with E-state index < -0.39 is 9.85 Å². The highest BCUT2D eigenvalue weighted by atomic mass is 16.6. The maximum Gasteiger partial charge on any atom is 0.299 e. The van der Waals surface area contributed by atoms with E-state index >= 15 is 0 Å². The highest BCUT2D eigenvalue weighted by Gasteiger charge is 2.19. The topological polar surface area (TPSA) is 126 Å². The molecule has 8 heteroatoms. The Morgan fingerprint density at radius 2 is 2.00 bits per heavy atom. The van der Waals surface area contributed by atoms with Crippen molar-refractivity contribution in [3.05, 3.63) is 38.4 Å². The van der Waals surface area contributed by atoms with E-state index in [1.165, 1.54) is 12.1 Å². The van der Waals surface area contributed by atoms with Crippen molar-refractivity contribution in [1.29, 1.82) is 0 Å². The average molecular weight is 255 g/mol. The second-order valence-electron chi connectivity index (χ2n) is 4.04. The lowest BCUT2D eigenvalue weighted by Crippen LogP contribution is -2.59. The Kier molecular flexibility index (Phi) is 4.55. The molecule has 18 heavy (non-hydrogen) atoms. The van der Waals surface area contributed by atoms with Crippen LogP contribution in [0, 0.1) is 20.2 Å². The van der Waals surface area contributed by atoms with Gasteiger partial charge in [-0.2, -0.15) is 0 Å². The summed E-state index contributed by atoms with van der Waals surface area (Å²) in [5.74, 6) is 0. The molecule has 1 aromatic carbocycles. The summed E-state index contributed by atoms with van der Waals surface area (Å²) in [7, 11) is 0. The molecule has 0 aliphatic carbocycles. The van der Waals surface area contributed by atoms with E-state index in [4.69, 9.17) is 0 Å². The fourth-order valence-corrected chi connectivity index (χ4v) is 1.39. The molecule has 1 unspecified atom stereocenters. The predicted octanol–water partition coefficient (Wildman–Crippen LogP) is 0.935. The maximum absolute atomic E-state index is 10.8. The van der Waals surface area contributed by atoms with E-state index in [2.05, 4.69) is 11.1 Å². The van der Waals surface area contributed by atoms with Gasteiger partial charge in [0, 0.05) is 19.0 Å². The number of non-ortho nitro benzene ring substituents is 1. The van der Waals surface area contributed by atoms with E-state index in [1.807, 2.05) is 6.92 Å². The predicted molar refractivity (Wildman–Crippen MR) is 65.2 cm³/mol. The van der Waals surface area contributed by atoms with Crippen molar-refractivity contribution in [1.82, 2.24) is 0 Å². The van der Waals surface area contributed by atoms with Crippen LogP contribution in [-0.4, -0.2) is 22.4 Å². The van der Waals surface area contributed by atoms with Crippen LogP contribution in [0.1, 0.15) is 13.3 Å². The number of benzene rings is 1. The Morgan fingerprint density at radius 1 is 1.33 bits per heavy atom. The minimum Gasteiger partial charge on any atom is -0.379 e. The lowest BCUT2D eigenvalue weighted by Gasteiger charge is -2.07. The average Bonchev–Trinajstić information content (AvgIpc) is 2.28. The Bertz CT molecular complexity index is 461. The first-order valence-electron chi connectivity index (χ1n) is 5.41. The summed E-state index contributed by atoms with van der Waals surface area (Å²) >= 11 is 0. The zero-order valence-corrected chi connectivity index (χ0v) is 9.96. The van der Waals surface area contributed by atoms with Gasteiger partial charge in [0.25, 0.3) is 11.4 Å². The fourth-order valence-electron chi connectivity index (χ4n) is 1.39. The van der Waals surface area contributed by atoms with Gasteiger partial charge in [-0.05, 0) is 13.0 Å². The summed E-state index contributed by atoms with van der Waals surface area (Å²) in [6.45, 7) is 2.47. The van der Waals surface area contributed by atoms with Gasteiger partial charge < -0.3 is 11.1 Å². The van der Waals surface area contributed by atoms with Crippen molar-refractivity contribution in [2.24, 2.45) is 0 Å². The van der Waals surface area contributed by atoms with Gasteiger partial charge in [-0.1, -0.05) is 0 Å². The van der Waals surface area contributed by atoms with Crippen LogP contribution in [0.3, 0.4) is 0 Å². The Morgan fingerprint density at radius 3 is 2.50 bits per heavy atom. The number of nitrogens with zero attached hydrogens (tertiary/aromatic N) is 2. The van der Waals surface area contributed by atoms with Gasteiger partial charge in [0.15, 0.2) is 0 Å². The molecule has 8 nitrogen and oxygen atoms in total. The van der Waals surface area contributed by atoms with Crippen molar-refractivity contribution in [3.63, 3.8) is 0 Å². The van der Waals surface area contributed by atoms with E-state index in [1.54, 1.807) is 0 Å². The number of nitro groups is 2. The molecule has 0 amide bonds. The molecule has 0 aliphatic rings. The molecule has 0 heterocycles. The third-order valence-electron chi connectivity index (χ3n) is 2.34. The minimum atomic E-state index is -0.658. The standard InChI is InChI=1S/C10H14N4O4/c1-7(11)4-5-12-9-3-2-8(13(15)16)6-10(9)14(17)18/h2-3,6-7,12H,4-5,11H2,1H3/p+1. The first kappa shape index (κ1) is 13.8. The highest BCUT2D eigenvalue weighted by Crippen LogP contribution is 2.28. The van der Waals surface area contributed by atoms with Crippen LogP contribution in [0.5, 0.6) is 0 Å². The SMILES string of the molecule is CC([NH3+])CCNc1ccc([N+](=O)[O-])cc1[N+](=O)[O-]. The van der Waals surface area contributed by atoms with E-state index in [0.717, 1.165) is 12.5 Å². The molecular weight excluding hydrogens is 240 g/mol. The van der Waals surface area contributed by atoms with Gasteiger partial charge in [0.2, 0.25) is 0 Å². The molecule has 0 bridgehead atoms. The van der Waals surface area contributed by atoms with Crippen molar-refractivity contribution in [2.45, 2.75) is 19.4 Å². The van der Waals surface area contributed by atoms with Crippen molar-refractivity contribution >= 4 is 17.1 Å². The molecule has 0 spiro atoms. The third-order valence-corrected chi connectivity index (χ3v) is 2.34. The summed E-state index contributed by atoms with van der Waals surface area (Å²) in [4.78, 5) is 20.1. The lowest BCUT2D eigenvalue weighted by molar-refractivity contribution is -0.414. The minimum absolute atomic E-state index is 0.231. The molecule has 1 rings (SSSR count). The number of nitro benzene ring substituents is 2. The van der Waals surface area contributed by atoms with Crippen LogP contribution in [0.15, 0.2) is 18.2 Å². The monoisotopic (exact) mass is 255 g/mol. The summed E-state index contributed by atoms with van der Waals surface area (Å²) in [5, 5.41) is 24.3. The van der Waals surface area contributed by atoms with Gasteiger partial charge in [0.05, 0.1) is 22.0 Å². The molecular formula is C10H15N4O4+. The quantitative estimate of drug-likeness (QED) is 0.577. The summed E-state index contributed by atoms with van der Waals surface area (Å²) in [5.41, 5.74) is 3.50. The van der Waals surface area contributed by atoms with E-state index in [-0.39, 0.29) is 23.1 Å². The van der Waals surface area contributed by atoms with Crippen LogP contribution in [0.2, 0.25) is 0 Å². The second-order valence-corrected chi connectivity index (χ2v) is 4.04. The molecule has 0 saturated carbocycles. The van der Waals surface area contributed by atoms with Gasteiger partial charge >= 0.3 is 0 Å². The smallest absolute Gasteiger partial charge is 0.299 e. The third kappa shape index (κ3) is 3.67. The van der Waals surface area contributed by atoms with Crippen LogP contribution >= 0.6 is 0 Å². The first-order valence-corrected chi connectivity index (χ1v) is 5.41. The summed E-state index contributed by atoms with van der Waals surface area (Å²) in [6.07, 6.45) is 0.758. The molecule has 0 fully saturated rings. The van der Waals surface area contributed by atoms with E-state index in [9.17, 15) is 20.2 Å². The molecule has 0 radical (unpaired) electrons. The number of anilines is 1. The fraction of sp³-hybridized carbons (Fsp3) is 0.400. The summed E-state index contributed by atoms with van der Waals surface area (Å²) < 4.78 is 0. The van der Waals surface area contributed by atoms with Crippen molar-refractivity contribution in [3.8, 4) is 0 Å². The number of nitrogens with one attached hydrogen (secondary N) is 1. The molecule has 0 aliphatic heterocycles.